The van der Waals surface area contributed by atoms with Gasteiger partial charge in [-0.1, -0.05) is 0 Å². The molecule has 0 amide bonds. The van der Waals surface area contributed by atoms with Gasteiger partial charge >= 0.3 is 29.8 Å². The quantitative estimate of drug-likeness (QED) is 0.0735. The monoisotopic (exact) mass is 487 g/mol. The molecule has 33 heavy (non-hydrogen) atoms. The lowest BCUT2D eigenvalue weighted by atomic mass is 10.2. The van der Waals surface area contributed by atoms with Gasteiger partial charge in [0.05, 0.1) is 19.6 Å². The summed E-state index contributed by atoms with van der Waals surface area (Å²) in [6.45, 7) is -0.300. The van der Waals surface area contributed by atoms with Crippen LogP contribution in [-0.2, 0) is 24.0 Å². The van der Waals surface area contributed by atoms with Crippen LogP contribution in [0.4, 0.5) is 0 Å². The molecule has 18 nitrogen and oxygen atoms in total. The van der Waals surface area contributed by atoms with Crippen LogP contribution in [0.1, 0.15) is 19.3 Å². The summed E-state index contributed by atoms with van der Waals surface area (Å²) in [5, 5.41) is 57.2. The molecule has 0 spiro atoms. The fraction of sp³-hybridized carbons (Fsp3) is 0.600. The van der Waals surface area contributed by atoms with Crippen LogP contribution in [-0.4, -0.2) is 104 Å². The van der Waals surface area contributed by atoms with Crippen molar-refractivity contribution in [3.63, 3.8) is 0 Å². The van der Waals surface area contributed by atoms with Crippen LogP contribution in [0.15, 0.2) is 0 Å². The molecular formula is C15H33N7O11. The average Bonchev–Trinajstić information content (AvgIpc) is 2.70. The Balaban J connectivity index is -0.000000178. The van der Waals surface area contributed by atoms with E-state index in [0.29, 0.717) is 19.4 Å². The van der Waals surface area contributed by atoms with E-state index >= 15 is 0 Å². The summed E-state index contributed by atoms with van der Waals surface area (Å²) in [5.74, 6) is -5.76. The van der Waals surface area contributed by atoms with Crippen molar-refractivity contribution in [1.29, 1.82) is 5.41 Å². The van der Waals surface area contributed by atoms with Crippen LogP contribution in [0.25, 0.3) is 0 Å². The first kappa shape index (κ1) is 36.8. The van der Waals surface area contributed by atoms with Gasteiger partial charge in [0.2, 0.25) is 0 Å². The van der Waals surface area contributed by atoms with Crippen molar-refractivity contribution < 1.29 is 54.6 Å². The summed E-state index contributed by atoms with van der Waals surface area (Å²) in [6, 6.07) is -3.23. The summed E-state index contributed by atoms with van der Waals surface area (Å²) in [6.07, 6.45) is 0.442. The number of carboxylic acids is 5. The van der Waals surface area contributed by atoms with E-state index in [1.807, 2.05) is 0 Å². The number of aliphatic hydroxyl groups excluding tert-OH is 1. The van der Waals surface area contributed by atoms with Gasteiger partial charge in [-0.15, -0.1) is 0 Å². The van der Waals surface area contributed by atoms with E-state index in [1.165, 1.54) is 0 Å². The molecule has 0 saturated heterocycles. The van der Waals surface area contributed by atoms with Crippen molar-refractivity contribution in [2.75, 3.05) is 19.7 Å². The molecule has 0 fully saturated rings. The first-order chi connectivity index (χ1) is 15.0. The van der Waals surface area contributed by atoms with Gasteiger partial charge < -0.3 is 64.6 Å². The van der Waals surface area contributed by atoms with E-state index in [4.69, 9.17) is 59.0 Å². The second-order valence-electron chi connectivity index (χ2n) is 5.70. The Labute approximate surface area is 187 Å². The molecule has 3 atom stereocenters. The number of aliphatic hydroxyl groups is 1. The van der Waals surface area contributed by atoms with Crippen LogP contribution in [0, 0.1) is 5.41 Å². The molecule has 0 aromatic carbocycles. The van der Waals surface area contributed by atoms with E-state index in [0.717, 1.165) is 0 Å². The number of nitrogens with two attached hydrogens (primary N) is 5. The van der Waals surface area contributed by atoms with Gasteiger partial charge in [-0.2, -0.15) is 0 Å². The summed E-state index contributed by atoms with van der Waals surface area (Å²) in [7, 11) is 0. The van der Waals surface area contributed by atoms with Crippen molar-refractivity contribution in [2.24, 2.45) is 28.7 Å². The first-order valence-corrected chi connectivity index (χ1v) is 8.80. The van der Waals surface area contributed by atoms with Crippen molar-refractivity contribution in [1.82, 2.24) is 5.32 Å². The minimum atomic E-state index is -1.29. The maximum Gasteiger partial charge on any atom is 0.322 e. The van der Waals surface area contributed by atoms with E-state index < -0.39 is 61.0 Å². The highest BCUT2D eigenvalue weighted by atomic mass is 16.4. The zero-order valence-electron chi connectivity index (χ0n) is 17.6. The highest BCUT2D eigenvalue weighted by Crippen LogP contribution is 1.92. The highest BCUT2D eigenvalue weighted by Gasteiger charge is 2.14. The highest BCUT2D eigenvalue weighted by molar-refractivity contribution is 5.80. The van der Waals surface area contributed by atoms with Crippen molar-refractivity contribution in [3.8, 4) is 0 Å². The van der Waals surface area contributed by atoms with Gasteiger partial charge in [-0.3, -0.25) is 29.4 Å². The molecule has 0 rings (SSSR count). The zero-order valence-corrected chi connectivity index (χ0v) is 17.6. The van der Waals surface area contributed by atoms with Crippen LogP contribution >= 0.6 is 0 Å². The van der Waals surface area contributed by atoms with Gasteiger partial charge in [-0.25, -0.2) is 0 Å². The lowest BCUT2D eigenvalue weighted by Gasteiger charge is -2.06. The van der Waals surface area contributed by atoms with Crippen molar-refractivity contribution in [3.05, 3.63) is 0 Å². The molecule has 0 aliphatic carbocycles. The molecule has 0 aliphatic heterocycles. The van der Waals surface area contributed by atoms with Gasteiger partial charge in [0.15, 0.2) is 5.96 Å². The Morgan fingerprint density at radius 2 is 1.18 bits per heavy atom. The van der Waals surface area contributed by atoms with Gasteiger partial charge in [0.1, 0.15) is 18.1 Å². The largest absolute Gasteiger partial charge is 0.481 e. The average molecular weight is 487 g/mol. The SMILES string of the molecule is N=C(N)NCCCC(N)C(=O)O.NC(CC(=O)O)C(=O)O.NC(CO)C(=O)O.NCC(=O)O. The number of aliphatic carboxylic acids is 5. The molecule has 194 valence electrons. The topological polar surface area (TPSA) is 373 Å². The summed E-state index contributed by atoms with van der Waals surface area (Å²) < 4.78 is 0. The molecular weight excluding hydrogens is 454 g/mol. The predicted octanol–water partition coefficient (Wildman–Crippen LogP) is -5.05. The molecule has 18 heteroatoms. The Morgan fingerprint density at radius 1 is 0.788 bits per heavy atom. The van der Waals surface area contributed by atoms with E-state index in [-0.39, 0.29) is 12.5 Å². The van der Waals surface area contributed by atoms with Gasteiger partial charge in [0, 0.05) is 6.54 Å². The Kier molecular flexibility index (Phi) is 25.7. The fourth-order valence-electron chi connectivity index (χ4n) is 1.02. The van der Waals surface area contributed by atoms with Crippen LogP contribution in [0.3, 0.4) is 0 Å². The second-order valence-corrected chi connectivity index (χ2v) is 5.70. The standard InChI is InChI=1S/C6H14N4O2.C4H7NO4.C3H7NO3.C2H5NO2/c7-4(5(11)12)2-1-3-10-6(8)9;5-2(4(8)9)1-3(6)7;4-2(1-5)3(6)7;3-1-2(4)5/h4H,1-3,7H2,(H,11,12)(H4,8,9,10);2H,1,5H2,(H,6,7)(H,8,9);2,5H,1,4H2,(H,6,7);1,3H2,(H,4,5). The molecule has 0 heterocycles. The molecule has 0 bridgehead atoms. The molecule has 0 aromatic rings. The fourth-order valence-corrected chi connectivity index (χ4v) is 1.02. The Hall–Kier alpha value is -3.58. The van der Waals surface area contributed by atoms with Gasteiger partial charge in [0.25, 0.3) is 0 Å². The maximum absolute atomic E-state index is 10.2. The minimum Gasteiger partial charge on any atom is -0.481 e. The van der Waals surface area contributed by atoms with Crippen molar-refractivity contribution >= 4 is 35.8 Å². The maximum atomic E-state index is 10.2. The Bertz CT molecular complexity index is 619. The summed E-state index contributed by atoms with van der Waals surface area (Å²) in [4.78, 5) is 48.7. The number of rotatable bonds is 11. The summed E-state index contributed by atoms with van der Waals surface area (Å²) in [5.41, 5.74) is 24.4. The third kappa shape index (κ3) is 36.2. The van der Waals surface area contributed by atoms with Crippen molar-refractivity contribution in [2.45, 2.75) is 37.4 Å². The smallest absolute Gasteiger partial charge is 0.322 e. The van der Waals surface area contributed by atoms with E-state index in [1.54, 1.807) is 0 Å². The third-order valence-electron chi connectivity index (χ3n) is 2.72. The zero-order chi connectivity index (χ0) is 27.1. The normalized spacial score (nSPS) is 11.8. The van der Waals surface area contributed by atoms with Gasteiger partial charge in [-0.05, 0) is 12.8 Å². The van der Waals surface area contributed by atoms with E-state index in [9.17, 15) is 24.0 Å². The van der Waals surface area contributed by atoms with Crippen LogP contribution in [0.5, 0.6) is 0 Å². The number of hydrogen-bond donors (Lipinski definition) is 13. The molecule has 0 aliphatic rings. The lowest BCUT2D eigenvalue weighted by molar-refractivity contribution is -0.144. The lowest BCUT2D eigenvalue weighted by Crippen LogP contribution is -2.34. The molecule has 0 radical (unpaired) electrons. The number of carbonyl (C=O) groups is 5. The Morgan fingerprint density at radius 3 is 1.36 bits per heavy atom. The minimum absolute atomic E-state index is 0.112. The number of hydrogen-bond acceptors (Lipinski definition) is 11. The molecule has 18 N–H and O–H groups in total. The molecule has 0 saturated carbocycles. The number of carboxylic acid groups (broad SMARTS) is 5. The first-order valence-electron chi connectivity index (χ1n) is 8.80. The van der Waals surface area contributed by atoms with Crippen LogP contribution in [0.2, 0.25) is 0 Å². The third-order valence-corrected chi connectivity index (χ3v) is 2.72. The predicted molar refractivity (Wildman–Crippen MR) is 112 cm³/mol. The molecule has 3 unspecified atom stereocenters. The van der Waals surface area contributed by atoms with Crippen LogP contribution < -0.4 is 34.0 Å². The van der Waals surface area contributed by atoms with E-state index in [2.05, 4.69) is 11.1 Å². The number of nitrogens with one attached hydrogen (secondary N) is 2. The molecule has 0 aromatic heterocycles. The number of guanidine groups is 1. The second kappa shape index (κ2) is 23.1. The summed E-state index contributed by atoms with van der Waals surface area (Å²) >= 11 is 0.